The van der Waals surface area contributed by atoms with E-state index in [-0.39, 0.29) is 11.9 Å². The highest BCUT2D eigenvalue weighted by atomic mass is 16.5. The average Bonchev–Trinajstić information content (AvgIpc) is 2.45. The molecule has 0 saturated heterocycles. The molecule has 4 heteroatoms. The number of benzene rings is 1. The largest absolute Gasteiger partial charge is 0.398 e. The SMILES string of the molecule is CCC(CC)N(CCOC)C(=O)c1cccc(N)c1C. The molecular formula is C16H26N2O2. The first kappa shape index (κ1) is 16.5. The fourth-order valence-electron chi connectivity index (χ4n) is 2.41. The zero-order valence-corrected chi connectivity index (χ0v) is 13.0. The summed E-state index contributed by atoms with van der Waals surface area (Å²) < 4.78 is 5.13. The summed E-state index contributed by atoms with van der Waals surface area (Å²) in [5, 5.41) is 0. The molecule has 1 rings (SSSR count). The number of nitrogens with two attached hydrogens (primary N) is 1. The van der Waals surface area contributed by atoms with Crippen molar-refractivity contribution in [3.8, 4) is 0 Å². The van der Waals surface area contributed by atoms with Crippen molar-refractivity contribution in [2.45, 2.75) is 39.7 Å². The Morgan fingerprint density at radius 3 is 2.55 bits per heavy atom. The van der Waals surface area contributed by atoms with E-state index in [4.69, 9.17) is 10.5 Å². The van der Waals surface area contributed by atoms with Gasteiger partial charge in [0.05, 0.1) is 6.61 Å². The van der Waals surface area contributed by atoms with E-state index in [0.717, 1.165) is 18.4 Å². The van der Waals surface area contributed by atoms with Gasteiger partial charge in [0.15, 0.2) is 0 Å². The van der Waals surface area contributed by atoms with Crippen LogP contribution in [-0.2, 0) is 4.74 Å². The van der Waals surface area contributed by atoms with Gasteiger partial charge >= 0.3 is 0 Å². The quantitative estimate of drug-likeness (QED) is 0.780. The van der Waals surface area contributed by atoms with Crippen molar-refractivity contribution in [1.82, 2.24) is 4.90 Å². The maximum Gasteiger partial charge on any atom is 0.254 e. The van der Waals surface area contributed by atoms with Crippen LogP contribution in [0.4, 0.5) is 5.69 Å². The highest BCUT2D eigenvalue weighted by Gasteiger charge is 2.23. The zero-order valence-electron chi connectivity index (χ0n) is 13.0. The minimum Gasteiger partial charge on any atom is -0.398 e. The summed E-state index contributed by atoms with van der Waals surface area (Å²) in [5.74, 6) is 0.0422. The van der Waals surface area contributed by atoms with Crippen molar-refractivity contribution in [1.29, 1.82) is 0 Å². The number of hydrogen-bond donors (Lipinski definition) is 1. The number of nitrogens with zero attached hydrogens (tertiary/aromatic N) is 1. The van der Waals surface area contributed by atoms with Crippen LogP contribution in [0.2, 0.25) is 0 Å². The summed E-state index contributed by atoms with van der Waals surface area (Å²) in [5.41, 5.74) is 8.10. The number of amides is 1. The third-order valence-corrected chi connectivity index (χ3v) is 3.79. The van der Waals surface area contributed by atoms with Crippen LogP contribution in [-0.4, -0.2) is 37.1 Å². The molecule has 0 heterocycles. The Labute approximate surface area is 121 Å². The molecule has 1 aromatic carbocycles. The van der Waals surface area contributed by atoms with E-state index in [9.17, 15) is 4.79 Å². The van der Waals surface area contributed by atoms with Crippen molar-refractivity contribution in [3.05, 3.63) is 29.3 Å². The summed E-state index contributed by atoms with van der Waals surface area (Å²) in [6.45, 7) is 7.25. The molecule has 0 aliphatic carbocycles. The molecule has 0 aromatic heterocycles. The van der Waals surface area contributed by atoms with E-state index < -0.39 is 0 Å². The molecule has 1 aromatic rings. The molecule has 0 aliphatic heterocycles. The zero-order chi connectivity index (χ0) is 15.1. The van der Waals surface area contributed by atoms with Gasteiger partial charge in [-0.3, -0.25) is 4.79 Å². The lowest BCUT2D eigenvalue weighted by molar-refractivity contribution is 0.0589. The number of nitrogen functional groups attached to an aromatic ring is 1. The van der Waals surface area contributed by atoms with Gasteiger partial charge in [-0.2, -0.15) is 0 Å². The van der Waals surface area contributed by atoms with Crippen LogP contribution >= 0.6 is 0 Å². The van der Waals surface area contributed by atoms with Crippen LogP contribution in [0.3, 0.4) is 0 Å². The first-order valence-electron chi connectivity index (χ1n) is 7.21. The summed E-state index contributed by atoms with van der Waals surface area (Å²) in [7, 11) is 1.65. The van der Waals surface area contributed by atoms with Gasteiger partial charge in [-0.15, -0.1) is 0 Å². The second-order valence-corrected chi connectivity index (χ2v) is 4.98. The molecule has 0 radical (unpaired) electrons. The Morgan fingerprint density at radius 2 is 2.00 bits per heavy atom. The molecule has 2 N–H and O–H groups in total. The number of hydrogen-bond acceptors (Lipinski definition) is 3. The van der Waals surface area contributed by atoms with E-state index in [1.807, 2.05) is 30.0 Å². The number of rotatable bonds is 7. The topological polar surface area (TPSA) is 55.6 Å². The number of carbonyl (C=O) groups is 1. The van der Waals surface area contributed by atoms with Crippen LogP contribution in [0.1, 0.15) is 42.6 Å². The molecule has 112 valence electrons. The van der Waals surface area contributed by atoms with E-state index in [0.29, 0.717) is 24.4 Å². The summed E-state index contributed by atoms with van der Waals surface area (Å²) in [6.07, 6.45) is 1.88. The van der Waals surface area contributed by atoms with Crippen LogP contribution in [0.15, 0.2) is 18.2 Å². The Kier molecular flexibility index (Phi) is 6.52. The third-order valence-electron chi connectivity index (χ3n) is 3.79. The van der Waals surface area contributed by atoms with Gasteiger partial charge in [0.2, 0.25) is 0 Å². The van der Waals surface area contributed by atoms with Crippen molar-refractivity contribution >= 4 is 11.6 Å². The number of methoxy groups -OCH3 is 1. The Balaban J connectivity index is 3.05. The number of anilines is 1. The molecule has 20 heavy (non-hydrogen) atoms. The fraction of sp³-hybridized carbons (Fsp3) is 0.562. The van der Waals surface area contributed by atoms with Crippen LogP contribution in [0, 0.1) is 6.92 Å². The molecule has 1 amide bonds. The molecular weight excluding hydrogens is 252 g/mol. The normalized spacial score (nSPS) is 10.8. The molecule has 0 fully saturated rings. The Morgan fingerprint density at radius 1 is 1.35 bits per heavy atom. The van der Waals surface area contributed by atoms with Crippen LogP contribution in [0.25, 0.3) is 0 Å². The molecule has 0 aliphatic rings. The molecule has 4 nitrogen and oxygen atoms in total. The molecule has 0 spiro atoms. The van der Waals surface area contributed by atoms with Crippen molar-refractivity contribution in [3.63, 3.8) is 0 Å². The maximum atomic E-state index is 12.8. The van der Waals surface area contributed by atoms with E-state index in [2.05, 4.69) is 13.8 Å². The van der Waals surface area contributed by atoms with Crippen molar-refractivity contribution < 1.29 is 9.53 Å². The monoisotopic (exact) mass is 278 g/mol. The molecule has 0 unspecified atom stereocenters. The van der Waals surface area contributed by atoms with Crippen LogP contribution in [0.5, 0.6) is 0 Å². The number of carbonyl (C=O) groups excluding carboxylic acids is 1. The summed E-state index contributed by atoms with van der Waals surface area (Å²) in [6, 6.07) is 5.73. The van der Waals surface area contributed by atoms with Crippen LogP contribution < -0.4 is 5.73 Å². The van der Waals surface area contributed by atoms with E-state index >= 15 is 0 Å². The minimum atomic E-state index is 0.0422. The van der Waals surface area contributed by atoms with E-state index in [1.165, 1.54) is 0 Å². The second kappa shape index (κ2) is 7.90. The van der Waals surface area contributed by atoms with Gasteiger partial charge in [-0.1, -0.05) is 19.9 Å². The fourth-order valence-corrected chi connectivity index (χ4v) is 2.41. The Hall–Kier alpha value is -1.55. The van der Waals surface area contributed by atoms with Crippen molar-refractivity contribution in [2.75, 3.05) is 26.0 Å². The van der Waals surface area contributed by atoms with Gasteiger partial charge in [-0.05, 0) is 37.5 Å². The highest BCUT2D eigenvalue weighted by molar-refractivity contribution is 5.97. The van der Waals surface area contributed by atoms with Gasteiger partial charge in [0.1, 0.15) is 0 Å². The lowest BCUT2D eigenvalue weighted by atomic mass is 10.0. The smallest absolute Gasteiger partial charge is 0.254 e. The maximum absolute atomic E-state index is 12.8. The predicted molar refractivity (Wildman–Crippen MR) is 82.9 cm³/mol. The average molecular weight is 278 g/mol. The second-order valence-electron chi connectivity index (χ2n) is 4.98. The summed E-state index contributed by atoms with van der Waals surface area (Å²) >= 11 is 0. The van der Waals surface area contributed by atoms with Gasteiger partial charge < -0.3 is 15.4 Å². The first-order valence-corrected chi connectivity index (χ1v) is 7.21. The predicted octanol–water partition coefficient (Wildman–Crippen LogP) is 2.85. The molecule has 0 bridgehead atoms. The van der Waals surface area contributed by atoms with Crippen molar-refractivity contribution in [2.24, 2.45) is 0 Å². The number of ether oxygens (including phenoxy) is 1. The van der Waals surface area contributed by atoms with Gasteiger partial charge in [0, 0.05) is 30.9 Å². The lowest BCUT2D eigenvalue weighted by Crippen LogP contribution is -2.42. The van der Waals surface area contributed by atoms with Gasteiger partial charge in [0.25, 0.3) is 5.91 Å². The standard InChI is InChI=1S/C16H26N2O2/c1-5-13(6-2)18(10-11-20-4)16(19)14-8-7-9-15(17)12(14)3/h7-9,13H,5-6,10-11,17H2,1-4H3. The summed E-state index contributed by atoms with van der Waals surface area (Å²) in [4.78, 5) is 14.7. The Bertz CT molecular complexity index is 442. The minimum absolute atomic E-state index is 0.0422. The van der Waals surface area contributed by atoms with Gasteiger partial charge in [-0.25, -0.2) is 0 Å². The molecule has 0 atom stereocenters. The highest BCUT2D eigenvalue weighted by Crippen LogP contribution is 2.20. The lowest BCUT2D eigenvalue weighted by Gasteiger charge is -2.31. The molecule has 0 saturated carbocycles. The van der Waals surface area contributed by atoms with E-state index in [1.54, 1.807) is 7.11 Å². The third kappa shape index (κ3) is 3.73. The first-order chi connectivity index (χ1) is 9.56.